The Hall–Kier alpha value is -3.28. The van der Waals surface area contributed by atoms with E-state index < -0.39 is 11.5 Å². The molecular weight excluding hydrogens is 344 g/mol. The number of fused-ring (bicyclic) bond motifs is 1. The molecule has 138 valence electrons. The van der Waals surface area contributed by atoms with Crippen LogP contribution in [0.4, 0.5) is 0 Å². The van der Waals surface area contributed by atoms with Crippen LogP contribution in [0.2, 0.25) is 0 Å². The van der Waals surface area contributed by atoms with Crippen LogP contribution in [0.15, 0.2) is 53.3 Å². The number of rotatable bonds is 4. The van der Waals surface area contributed by atoms with Crippen LogP contribution in [0, 0.1) is 0 Å². The van der Waals surface area contributed by atoms with Crippen LogP contribution in [-0.4, -0.2) is 21.5 Å². The van der Waals surface area contributed by atoms with E-state index in [1.165, 1.54) is 12.1 Å². The van der Waals surface area contributed by atoms with Crippen molar-refractivity contribution in [3.63, 3.8) is 0 Å². The fourth-order valence-electron chi connectivity index (χ4n) is 2.88. The number of hydrogen-bond acceptors (Lipinski definition) is 5. The van der Waals surface area contributed by atoms with Gasteiger partial charge in [0.2, 0.25) is 0 Å². The average molecular weight is 363 g/mol. The summed E-state index contributed by atoms with van der Waals surface area (Å²) in [5.41, 5.74) is 0.595. The van der Waals surface area contributed by atoms with Crippen molar-refractivity contribution >= 4 is 22.5 Å². The highest BCUT2D eigenvalue weighted by Gasteiger charge is 2.16. The molecule has 0 amide bonds. The Balaban J connectivity index is 1.99. The molecule has 0 aliphatic heterocycles. The molecule has 27 heavy (non-hydrogen) atoms. The van der Waals surface area contributed by atoms with Gasteiger partial charge in [0.05, 0.1) is 11.4 Å². The first-order chi connectivity index (χ1) is 12.7. The summed E-state index contributed by atoms with van der Waals surface area (Å²) in [4.78, 5) is 36.6. The summed E-state index contributed by atoms with van der Waals surface area (Å²) in [6.07, 6.45) is 0. The number of benzene rings is 2. The number of carbonyl (C=O) groups is 2. The minimum Gasteiger partial charge on any atom is -0.543 e. The van der Waals surface area contributed by atoms with Crippen molar-refractivity contribution in [1.29, 1.82) is 0 Å². The largest absolute Gasteiger partial charge is 0.543 e. The van der Waals surface area contributed by atoms with E-state index in [-0.39, 0.29) is 34.2 Å². The molecule has 0 unspecified atom stereocenters. The van der Waals surface area contributed by atoms with Crippen LogP contribution in [0.5, 0.6) is 0 Å². The van der Waals surface area contributed by atoms with Crippen molar-refractivity contribution in [2.75, 3.05) is 0 Å². The first-order valence-electron chi connectivity index (χ1n) is 8.53. The van der Waals surface area contributed by atoms with Gasteiger partial charge in [-0.3, -0.25) is 9.59 Å². The number of carboxylic acids is 1. The molecule has 0 radical (unpaired) electrons. The number of ketones is 1. The number of aromatic nitrogens is 2. The topological polar surface area (TPSA) is 92.1 Å². The Labute approximate surface area is 156 Å². The Bertz CT molecular complexity index is 1090. The molecule has 0 spiro atoms. The minimum absolute atomic E-state index is 0.0399. The molecule has 0 aliphatic rings. The predicted octanol–water partition coefficient (Wildman–Crippen LogP) is 1.94. The molecule has 6 heteroatoms. The van der Waals surface area contributed by atoms with Crippen LogP contribution in [0.1, 0.15) is 47.2 Å². The number of hydrogen-bond donors (Lipinski definition) is 0. The molecule has 0 fully saturated rings. The molecule has 1 aromatic heterocycles. The highest BCUT2D eigenvalue weighted by atomic mass is 16.4. The monoisotopic (exact) mass is 363 g/mol. The molecule has 0 bridgehead atoms. The van der Waals surface area contributed by atoms with Crippen LogP contribution in [0.25, 0.3) is 10.8 Å². The fraction of sp³-hybridized carbons (Fsp3) is 0.238. The van der Waals surface area contributed by atoms with Crippen molar-refractivity contribution in [1.82, 2.24) is 9.78 Å². The summed E-state index contributed by atoms with van der Waals surface area (Å²) in [5, 5.41) is 15.6. The van der Waals surface area contributed by atoms with Crippen molar-refractivity contribution in [3.8, 4) is 0 Å². The van der Waals surface area contributed by atoms with Crippen molar-refractivity contribution in [2.24, 2.45) is 0 Å². The normalized spacial score (nSPS) is 11.5. The van der Waals surface area contributed by atoms with Gasteiger partial charge in [-0.05, 0) is 17.0 Å². The summed E-state index contributed by atoms with van der Waals surface area (Å²) in [5.74, 6) is -1.83. The van der Waals surface area contributed by atoms with Gasteiger partial charge in [-0.25, -0.2) is 4.68 Å². The minimum atomic E-state index is -1.50. The zero-order valence-corrected chi connectivity index (χ0v) is 15.4. The van der Waals surface area contributed by atoms with Crippen molar-refractivity contribution in [2.45, 2.75) is 32.7 Å². The second kappa shape index (κ2) is 6.79. The summed E-state index contributed by atoms with van der Waals surface area (Å²) >= 11 is 0. The van der Waals surface area contributed by atoms with E-state index in [0.717, 1.165) is 10.2 Å². The summed E-state index contributed by atoms with van der Waals surface area (Å²) in [7, 11) is 0. The molecule has 0 saturated carbocycles. The number of Topliss-reactive ketones (excluding diaryl/α,β-unsaturated/α-hetero) is 1. The zero-order chi connectivity index (χ0) is 19.8. The Kier molecular flexibility index (Phi) is 4.66. The Morgan fingerprint density at radius 2 is 1.59 bits per heavy atom. The van der Waals surface area contributed by atoms with Gasteiger partial charge < -0.3 is 9.90 Å². The van der Waals surface area contributed by atoms with Gasteiger partial charge in [-0.15, -0.1) is 0 Å². The number of aromatic carboxylic acids is 1. The Morgan fingerprint density at radius 1 is 1.00 bits per heavy atom. The van der Waals surface area contributed by atoms with Gasteiger partial charge in [0, 0.05) is 10.9 Å². The third-order valence-electron chi connectivity index (χ3n) is 4.43. The lowest BCUT2D eigenvalue weighted by atomic mass is 9.86. The number of nitrogens with zero attached hydrogens (tertiary/aromatic N) is 2. The molecule has 0 atom stereocenters. The predicted molar refractivity (Wildman–Crippen MR) is 99.8 cm³/mol. The van der Waals surface area contributed by atoms with Gasteiger partial charge in [0.1, 0.15) is 12.2 Å². The van der Waals surface area contributed by atoms with Crippen molar-refractivity contribution in [3.05, 3.63) is 75.7 Å². The van der Waals surface area contributed by atoms with Gasteiger partial charge in [-0.1, -0.05) is 63.2 Å². The Morgan fingerprint density at radius 3 is 2.15 bits per heavy atom. The van der Waals surface area contributed by atoms with E-state index in [9.17, 15) is 19.5 Å². The van der Waals surface area contributed by atoms with Gasteiger partial charge in [0.15, 0.2) is 5.78 Å². The molecule has 1 heterocycles. The van der Waals surface area contributed by atoms with Gasteiger partial charge >= 0.3 is 0 Å². The highest BCUT2D eigenvalue weighted by molar-refractivity contribution is 6.00. The smallest absolute Gasteiger partial charge is 0.275 e. The molecular formula is C21H19N2O4-. The molecule has 0 N–H and O–H groups in total. The first kappa shape index (κ1) is 18.5. The lowest BCUT2D eigenvalue weighted by Gasteiger charge is -2.19. The molecule has 0 saturated heterocycles. The van der Waals surface area contributed by atoms with Crippen LogP contribution < -0.4 is 10.7 Å². The molecule has 3 aromatic rings. The molecule has 3 rings (SSSR count). The summed E-state index contributed by atoms with van der Waals surface area (Å²) in [6, 6.07) is 13.4. The zero-order valence-electron chi connectivity index (χ0n) is 15.4. The maximum absolute atomic E-state index is 12.6. The highest BCUT2D eigenvalue weighted by Crippen LogP contribution is 2.22. The van der Waals surface area contributed by atoms with E-state index in [1.54, 1.807) is 24.3 Å². The molecule has 0 aliphatic carbocycles. The lowest BCUT2D eigenvalue weighted by molar-refractivity contribution is -0.255. The number of carboxylic acid groups (broad SMARTS) is 1. The summed E-state index contributed by atoms with van der Waals surface area (Å²) in [6.45, 7) is 5.87. The molecule has 6 nitrogen and oxygen atoms in total. The van der Waals surface area contributed by atoms with Crippen LogP contribution in [-0.2, 0) is 12.0 Å². The van der Waals surface area contributed by atoms with Crippen LogP contribution in [0.3, 0.4) is 0 Å². The first-order valence-corrected chi connectivity index (χ1v) is 8.53. The second-order valence-electron chi connectivity index (χ2n) is 7.39. The van der Waals surface area contributed by atoms with E-state index in [1.807, 2.05) is 12.1 Å². The standard InChI is InChI=1S/C21H20N2O4/c1-21(2,3)14-10-8-13(9-11-14)17(24)12-23-19(25)16-7-5-4-6-15(16)18(22-23)20(26)27/h4-11H,12H2,1-3H3,(H,26,27)/p-1. The van der Waals surface area contributed by atoms with Crippen molar-refractivity contribution < 1.29 is 14.7 Å². The van der Waals surface area contributed by atoms with Gasteiger partial charge in [-0.2, -0.15) is 5.10 Å². The van der Waals surface area contributed by atoms with Crippen LogP contribution >= 0.6 is 0 Å². The number of carbonyl (C=O) groups excluding carboxylic acids is 2. The SMILES string of the molecule is CC(C)(C)c1ccc(C(=O)Cn2nc(C(=O)[O-])c3ccccc3c2=O)cc1. The molecule has 2 aromatic carbocycles. The quantitative estimate of drug-likeness (QED) is 0.661. The second-order valence-corrected chi connectivity index (χ2v) is 7.39. The third-order valence-corrected chi connectivity index (χ3v) is 4.43. The maximum Gasteiger partial charge on any atom is 0.275 e. The average Bonchev–Trinajstić information content (AvgIpc) is 2.63. The van der Waals surface area contributed by atoms with E-state index in [0.29, 0.717) is 5.56 Å². The lowest BCUT2D eigenvalue weighted by Crippen LogP contribution is -2.32. The van der Waals surface area contributed by atoms with E-state index >= 15 is 0 Å². The fourth-order valence-corrected chi connectivity index (χ4v) is 2.88. The summed E-state index contributed by atoms with van der Waals surface area (Å²) < 4.78 is 0.882. The van der Waals surface area contributed by atoms with E-state index in [2.05, 4.69) is 25.9 Å². The maximum atomic E-state index is 12.6. The third kappa shape index (κ3) is 3.65. The van der Waals surface area contributed by atoms with E-state index in [4.69, 9.17) is 0 Å². The van der Waals surface area contributed by atoms with Gasteiger partial charge in [0.25, 0.3) is 5.56 Å².